The van der Waals surface area contributed by atoms with Crippen molar-refractivity contribution in [2.45, 2.75) is 18.7 Å². The third kappa shape index (κ3) is 4.56. The van der Waals surface area contributed by atoms with Gasteiger partial charge in [-0.1, -0.05) is 12.1 Å². The molecule has 0 aliphatic rings. The van der Waals surface area contributed by atoms with E-state index < -0.39 is 10.0 Å². The molecule has 0 atom stereocenters. The summed E-state index contributed by atoms with van der Waals surface area (Å²) in [5, 5.41) is 6.48. The standard InChI is InChI=1S/C16H18N4O3S/c1-11(13-3-5-14(17)6-4-13)19-20-24(22,23)16-9-7-15(8-10-16)18-12(2)21/h3-10,20H,17H2,1-2H3,(H,18,21)/b19-11-. The number of sulfonamides is 1. The first-order valence-corrected chi connectivity index (χ1v) is 8.56. The Bertz CT molecular complexity index is 857. The van der Waals surface area contributed by atoms with E-state index in [0.29, 0.717) is 17.1 Å². The molecule has 126 valence electrons. The zero-order valence-electron chi connectivity index (χ0n) is 13.3. The second-order valence-electron chi connectivity index (χ2n) is 5.12. The Morgan fingerprint density at radius 2 is 1.58 bits per heavy atom. The van der Waals surface area contributed by atoms with Crippen molar-refractivity contribution in [1.29, 1.82) is 0 Å². The zero-order chi connectivity index (χ0) is 17.7. The van der Waals surface area contributed by atoms with Crippen molar-refractivity contribution in [3.8, 4) is 0 Å². The molecule has 2 rings (SSSR count). The summed E-state index contributed by atoms with van der Waals surface area (Å²) < 4.78 is 24.5. The molecule has 0 spiro atoms. The fourth-order valence-electron chi connectivity index (χ4n) is 1.89. The molecule has 0 saturated heterocycles. The van der Waals surface area contributed by atoms with Crippen molar-refractivity contribution in [1.82, 2.24) is 4.83 Å². The van der Waals surface area contributed by atoms with E-state index in [1.165, 1.54) is 31.2 Å². The molecule has 2 aromatic rings. The molecule has 24 heavy (non-hydrogen) atoms. The van der Waals surface area contributed by atoms with Crippen molar-refractivity contribution >= 4 is 33.0 Å². The highest BCUT2D eigenvalue weighted by Crippen LogP contribution is 2.14. The Balaban J connectivity index is 2.14. The summed E-state index contributed by atoms with van der Waals surface area (Å²) in [7, 11) is -3.79. The van der Waals surface area contributed by atoms with E-state index in [1.807, 2.05) is 0 Å². The van der Waals surface area contributed by atoms with Crippen LogP contribution in [0.3, 0.4) is 0 Å². The average molecular weight is 346 g/mol. The van der Waals surface area contributed by atoms with Crippen molar-refractivity contribution in [2.24, 2.45) is 5.10 Å². The number of benzene rings is 2. The van der Waals surface area contributed by atoms with E-state index in [4.69, 9.17) is 5.73 Å². The lowest BCUT2D eigenvalue weighted by atomic mass is 10.1. The molecule has 0 radical (unpaired) electrons. The first-order chi connectivity index (χ1) is 11.3. The monoisotopic (exact) mass is 346 g/mol. The number of hydrazone groups is 1. The van der Waals surface area contributed by atoms with E-state index >= 15 is 0 Å². The maximum atomic E-state index is 12.2. The molecule has 1 amide bonds. The van der Waals surface area contributed by atoms with Crippen molar-refractivity contribution < 1.29 is 13.2 Å². The fraction of sp³-hybridized carbons (Fsp3) is 0.125. The molecule has 0 aliphatic carbocycles. The second kappa shape index (κ2) is 7.14. The largest absolute Gasteiger partial charge is 0.399 e. The lowest BCUT2D eigenvalue weighted by molar-refractivity contribution is -0.114. The molecule has 8 heteroatoms. The summed E-state index contributed by atoms with van der Waals surface area (Å²) in [6.07, 6.45) is 0. The van der Waals surface area contributed by atoms with Gasteiger partial charge in [0, 0.05) is 18.3 Å². The molecule has 7 nitrogen and oxygen atoms in total. The minimum absolute atomic E-state index is 0.0467. The van der Waals surface area contributed by atoms with Gasteiger partial charge in [-0.05, 0) is 48.9 Å². The predicted molar refractivity (Wildman–Crippen MR) is 94.1 cm³/mol. The van der Waals surface area contributed by atoms with E-state index in [9.17, 15) is 13.2 Å². The van der Waals surface area contributed by atoms with Crippen molar-refractivity contribution in [3.63, 3.8) is 0 Å². The Morgan fingerprint density at radius 1 is 1.00 bits per heavy atom. The Hall–Kier alpha value is -2.87. The third-order valence-electron chi connectivity index (χ3n) is 3.15. The van der Waals surface area contributed by atoms with Gasteiger partial charge in [-0.2, -0.15) is 18.4 Å². The van der Waals surface area contributed by atoms with Crippen LogP contribution in [-0.4, -0.2) is 20.0 Å². The van der Waals surface area contributed by atoms with Crippen molar-refractivity contribution in [2.75, 3.05) is 11.1 Å². The zero-order valence-corrected chi connectivity index (χ0v) is 14.1. The SMILES string of the molecule is CC(=O)Nc1ccc(S(=O)(=O)N/N=C(/C)c2ccc(N)cc2)cc1. The smallest absolute Gasteiger partial charge is 0.276 e. The summed E-state index contributed by atoms with van der Waals surface area (Å²) in [6.45, 7) is 3.06. The molecule has 0 aromatic heterocycles. The minimum Gasteiger partial charge on any atom is -0.399 e. The third-order valence-corrected chi connectivity index (χ3v) is 4.37. The van der Waals surface area contributed by atoms with Gasteiger partial charge in [0.1, 0.15) is 0 Å². The summed E-state index contributed by atoms with van der Waals surface area (Å²) >= 11 is 0. The fourth-order valence-corrected chi connectivity index (χ4v) is 2.75. The van der Waals surface area contributed by atoms with E-state index in [0.717, 1.165) is 5.56 Å². The Labute approximate surface area is 140 Å². The van der Waals surface area contributed by atoms with Crippen LogP contribution >= 0.6 is 0 Å². The number of nitrogens with zero attached hydrogens (tertiary/aromatic N) is 1. The van der Waals surface area contributed by atoms with Gasteiger partial charge < -0.3 is 11.1 Å². The van der Waals surface area contributed by atoms with E-state index in [-0.39, 0.29) is 10.8 Å². The van der Waals surface area contributed by atoms with Gasteiger partial charge in [0.05, 0.1) is 10.6 Å². The van der Waals surface area contributed by atoms with Crippen LogP contribution in [0.5, 0.6) is 0 Å². The van der Waals surface area contributed by atoms with Gasteiger partial charge in [-0.3, -0.25) is 4.79 Å². The van der Waals surface area contributed by atoms with Gasteiger partial charge in [-0.15, -0.1) is 0 Å². The summed E-state index contributed by atoms with van der Waals surface area (Å²) in [6, 6.07) is 12.7. The van der Waals surface area contributed by atoms with E-state index in [2.05, 4.69) is 15.2 Å². The highest BCUT2D eigenvalue weighted by atomic mass is 32.2. The number of nitrogens with two attached hydrogens (primary N) is 1. The number of hydrogen-bond acceptors (Lipinski definition) is 5. The lowest BCUT2D eigenvalue weighted by Gasteiger charge is -2.07. The molecule has 0 aliphatic heterocycles. The van der Waals surface area contributed by atoms with Crippen LogP contribution in [-0.2, 0) is 14.8 Å². The highest BCUT2D eigenvalue weighted by Gasteiger charge is 2.13. The van der Waals surface area contributed by atoms with Gasteiger partial charge in [0.2, 0.25) is 5.91 Å². The van der Waals surface area contributed by atoms with Gasteiger partial charge in [-0.25, -0.2) is 0 Å². The van der Waals surface area contributed by atoms with Crippen LogP contribution in [0.1, 0.15) is 19.4 Å². The Kier molecular flexibility index (Phi) is 5.20. The second-order valence-corrected chi connectivity index (χ2v) is 6.78. The molecule has 0 unspecified atom stereocenters. The first kappa shape index (κ1) is 17.5. The summed E-state index contributed by atoms with van der Waals surface area (Å²) in [4.78, 5) is 13.2. The topological polar surface area (TPSA) is 114 Å². The molecule has 0 heterocycles. The lowest BCUT2D eigenvalue weighted by Crippen LogP contribution is -2.20. The summed E-state index contributed by atoms with van der Waals surface area (Å²) in [5.74, 6) is -0.229. The molecule has 0 bridgehead atoms. The highest BCUT2D eigenvalue weighted by molar-refractivity contribution is 7.89. The maximum Gasteiger partial charge on any atom is 0.276 e. The molecular formula is C16H18N4O3S. The van der Waals surface area contributed by atoms with Gasteiger partial charge in [0.25, 0.3) is 10.0 Å². The molecule has 4 N–H and O–H groups in total. The van der Waals surface area contributed by atoms with Crippen LogP contribution in [0.15, 0.2) is 58.5 Å². The van der Waals surface area contributed by atoms with Gasteiger partial charge >= 0.3 is 0 Å². The first-order valence-electron chi connectivity index (χ1n) is 7.07. The number of amides is 1. The van der Waals surface area contributed by atoms with Crippen molar-refractivity contribution in [3.05, 3.63) is 54.1 Å². The van der Waals surface area contributed by atoms with Crippen LogP contribution in [0.4, 0.5) is 11.4 Å². The number of nitrogens with one attached hydrogen (secondary N) is 2. The van der Waals surface area contributed by atoms with Crippen LogP contribution in [0.25, 0.3) is 0 Å². The Morgan fingerprint density at radius 3 is 2.12 bits per heavy atom. The minimum atomic E-state index is -3.79. The number of carbonyl (C=O) groups excluding carboxylic acids is 1. The summed E-state index contributed by atoms with van der Waals surface area (Å²) in [5.41, 5.74) is 8.01. The number of anilines is 2. The number of rotatable bonds is 5. The quantitative estimate of drug-likeness (QED) is 0.436. The van der Waals surface area contributed by atoms with E-state index in [1.54, 1.807) is 31.2 Å². The maximum absolute atomic E-state index is 12.2. The number of carbonyl (C=O) groups is 1. The molecule has 0 saturated carbocycles. The predicted octanol–water partition coefficient (Wildman–Crippen LogP) is 1.93. The molecular weight excluding hydrogens is 328 g/mol. The average Bonchev–Trinajstić information content (AvgIpc) is 2.53. The van der Waals surface area contributed by atoms with Crippen LogP contribution < -0.4 is 15.9 Å². The molecule has 2 aromatic carbocycles. The molecule has 0 fully saturated rings. The normalized spacial score (nSPS) is 11.8. The van der Waals surface area contributed by atoms with Gasteiger partial charge in [0.15, 0.2) is 0 Å². The van der Waals surface area contributed by atoms with Crippen LogP contribution in [0.2, 0.25) is 0 Å². The number of nitrogen functional groups attached to an aromatic ring is 1. The number of hydrogen-bond donors (Lipinski definition) is 3. The van der Waals surface area contributed by atoms with Crippen LogP contribution in [0, 0.1) is 0 Å².